The van der Waals surface area contributed by atoms with E-state index in [4.69, 9.17) is 10.5 Å². The molecule has 1 amide bonds. The topological polar surface area (TPSA) is 84.6 Å². The maximum Gasteiger partial charge on any atom is 0.251 e. The molecule has 0 fully saturated rings. The van der Waals surface area contributed by atoms with Crippen LogP contribution in [0.3, 0.4) is 0 Å². The fourth-order valence-electron chi connectivity index (χ4n) is 2.17. The lowest BCUT2D eigenvalue weighted by molar-refractivity contribution is 0.0816. The third-order valence-corrected chi connectivity index (χ3v) is 3.56. The number of carbonyl (C=O) groups excluding carboxylic acids is 1. The van der Waals surface area contributed by atoms with Gasteiger partial charge in [-0.1, -0.05) is 26.7 Å². The van der Waals surface area contributed by atoms with Crippen LogP contribution in [0.4, 0.5) is 5.69 Å². The van der Waals surface area contributed by atoms with Crippen molar-refractivity contribution in [1.29, 1.82) is 0 Å². The number of hydrogen-bond acceptors (Lipinski definition) is 4. The third-order valence-electron chi connectivity index (χ3n) is 3.56. The fraction of sp³-hybridized carbons (Fsp3) is 0.533. The van der Waals surface area contributed by atoms with Crippen LogP contribution in [0.1, 0.15) is 37.0 Å². The van der Waals surface area contributed by atoms with E-state index in [1.807, 2.05) is 13.8 Å². The van der Waals surface area contributed by atoms with Gasteiger partial charge in [0.1, 0.15) is 5.75 Å². The van der Waals surface area contributed by atoms with Crippen LogP contribution in [-0.2, 0) is 0 Å². The zero-order chi connectivity index (χ0) is 15.1. The maximum absolute atomic E-state index is 12.0. The lowest BCUT2D eigenvalue weighted by Gasteiger charge is -2.20. The van der Waals surface area contributed by atoms with E-state index in [2.05, 4.69) is 5.32 Å². The molecule has 0 spiro atoms. The van der Waals surface area contributed by atoms with E-state index in [-0.39, 0.29) is 18.4 Å². The fourth-order valence-corrected chi connectivity index (χ4v) is 2.17. The first-order chi connectivity index (χ1) is 9.53. The van der Waals surface area contributed by atoms with Gasteiger partial charge in [-0.3, -0.25) is 4.79 Å². The SMILES string of the molecule is CCC(CC)C(O)CNC(=O)c1ccc(OC)c(N)c1. The summed E-state index contributed by atoms with van der Waals surface area (Å²) in [4.78, 5) is 12.0. The molecule has 1 atom stereocenters. The van der Waals surface area contributed by atoms with Crippen molar-refractivity contribution in [3.63, 3.8) is 0 Å². The average molecular weight is 280 g/mol. The second-order valence-corrected chi connectivity index (χ2v) is 4.81. The van der Waals surface area contributed by atoms with Crippen molar-refractivity contribution in [2.24, 2.45) is 5.92 Å². The Morgan fingerprint density at radius 2 is 2.05 bits per heavy atom. The highest BCUT2D eigenvalue weighted by molar-refractivity contribution is 5.95. The third kappa shape index (κ3) is 4.13. The standard InChI is InChI=1S/C15H24N2O3/c1-4-10(5-2)13(18)9-17-15(19)11-6-7-14(20-3)12(16)8-11/h6-8,10,13,18H,4-5,9,16H2,1-3H3,(H,17,19). The largest absolute Gasteiger partial charge is 0.495 e. The number of nitrogens with two attached hydrogens (primary N) is 1. The van der Waals surface area contributed by atoms with Crippen LogP contribution in [-0.4, -0.2) is 30.8 Å². The first-order valence-electron chi connectivity index (χ1n) is 6.93. The van der Waals surface area contributed by atoms with Crippen molar-refractivity contribution in [2.75, 3.05) is 19.4 Å². The van der Waals surface area contributed by atoms with Gasteiger partial charge >= 0.3 is 0 Å². The molecule has 20 heavy (non-hydrogen) atoms. The minimum atomic E-state index is -0.524. The number of aliphatic hydroxyl groups is 1. The number of nitrogens with one attached hydrogen (secondary N) is 1. The maximum atomic E-state index is 12.0. The molecule has 0 aliphatic carbocycles. The van der Waals surface area contributed by atoms with Gasteiger partial charge in [0.05, 0.1) is 18.9 Å². The van der Waals surface area contributed by atoms with E-state index in [1.54, 1.807) is 18.2 Å². The number of methoxy groups -OCH3 is 1. The Bertz CT molecular complexity index is 445. The molecule has 0 aromatic heterocycles. The molecule has 0 saturated carbocycles. The summed E-state index contributed by atoms with van der Waals surface area (Å²) >= 11 is 0. The summed E-state index contributed by atoms with van der Waals surface area (Å²) in [6.07, 6.45) is 1.26. The van der Waals surface area contributed by atoms with Crippen LogP contribution in [0.15, 0.2) is 18.2 Å². The number of carbonyl (C=O) groups is 1. The predicted molar refractivity (Wildman–Crippen MR) is 79.8 cm³/mol. The number of aliphatic hydroxyl groups excluding tert-OH is 1. The summed E-state index contributed by atoms with van der Waals surface area (Å²) in [6, 6.07) is 4.87. The van der Waals surface area contributed by atoms with Gasteiger partial charge in [0, 0.05) is 12.1 Å². The zero-order valence-electron chi connectivity index (χ0n) is 12.3. The summed E-state index contributed by atoms with van der Waals surface area (Å²) < 4.78 is 5.04. The molecule has 5 nitrogen and oxygen atoms in total. The normalized spacial score (nSPS) is 12.2. The molecular formula is C15H24N2O3. The van der Waals surface area contributed by atoms with Crippen molar-refractivity contribution >= 4 is 11.6 Å². The smallest absolute Gasteiger partial charge is 0.251 e. The Morgan fingerprint density at radius 3 is 2.55 bits per heavy atom. The summed E-state index contributed by atoms with van der Waals surface area (Å²) in [6.45, 7) is 4.31. The van der Waals surface area contributed by atoms with Gasteiger partial charge in [-0.25, -0.2) is 0 Å². The number of rotatable bonds is 7. The molecule has 4 N–H and O–H groups in total. The van der Waals surface area contributed by atoms with Gasteiger partial charge in [0.25, 0.3) is 5.91 Å². The Kier molecular flexibility index (Phi) is 6.31. The van der Waals surface area contributed by atoms with Gasteiger partial charge < -0.3 is 20.9 Å². The number of benzene rings is 1. The minimum Gasteiger partial charge on any atom is -0.495 e. The number of ether oxygens (including phenoxy) is 1. The predicted octanol–water partition coefficient (Wildman–Crippen LogP) is 1.80. The Hall–Kier alpha value is -1.75. The van der Waals surface area contributed by atoms with Crippen LogP contribution in [0, 0.1) is 5.92 Å². The molecule has 0 aliphatic rings. The minimum absolute atomic E-state index is 0.205. The molecule has 5 heteroatoms. The van der Waals surface area contributed by atoms with Crippen LogP contribution < -0.4 is 15.8 Å². The van der Waals surface area contributed by atoms with Crippen molar-refractivity contribution in [3.05, 3.63) is 23.8 Å². The molecule has 112 valence electrons. The number of nitrogen functional groups attached to an aromatic ring is 1. The van der Waals surface area contributed by atoms with Gasteiger partial charge in [0.15, 0.2) is 0 Å². The first-order valence-corrected chi connectivity index (χ1v) is 6.93. The van der Waals surface area contributed by atoms with E-state index in [1.165, 1.54) is 7.11 Å². The van der Waals surface area contributed by atoms with Crippen LogP contribution >= 0.6 is 0 Å². The van der Waals surface area contributed by atoms with Crippen molar-refractivity contribution < 1.29 is 14.6 Å². The van der Waals surface area contributed by atoms with Gasteiger partial charge in [-0.15, -0.1) is 0 Å². The van der Waals surface area contributed by atoms with Gasteiger partial charge in [-0.05, 0) is 24.1 Å². The highest BCUT2D eigenvalue weighted by Crippen LogP contribution is 2.21. The summed E-state index contributed by atoms with van der Waals surface area (Å²) in [5.41, 5.74) is 6.64. The van der Waals surface area contributed by atoms with Crippen LogP contribution in [0.2, 0.25) is 0 Å². The van der Waals surface area contributed by atoms with Crippen LogP contribution in [0.25, 0.3) is 0 Å². The second-order valence-electron chi connectivity index (χ2n) is 4.81. The molecule has 0 bridgehead atoms. The monoisotopic (exact) mass is 280 g/mol. The molecule has 0 aliphatic heterocycles. The second kappa shape index (κ2) is 7.75. The summed E-state index contributed by atoms with van der Waals surface area (Å²) in [5, 5.41) is 12.7. The number of anilines is 1. The summed E-state index contributed by atoms with van der Waals surface area (Å²) in [5.74, 6) is 0.499. The zero-order valence-corrected chi connectivity index (χ0v) is 12.3. The number of amides is 1. The van der Waals surface area contributed by atoms with Crippen molar-refractivity contribution in [2.45, 2.75) is 32.8 Å². The molecular weight excluding hydrogens is 256 g/mol. The lowest BCUT2D eigenvalue weighted by atomic mass is 9.96. The van der Waals surface area contributed by atoms with Gasteiger partial charge in [-0.2, -0.15) is 0 Å². The Morgan fingerprint density at radius 1 is 1.40 bits per heavy atom. The molecule has 1 aromatic carbocycles. The molecule has 1 aromatic rings. The van der Waals surface area contributed by atoms with E-state index in [9.17, 15) is 9.90 Å². The molecule has 0 radical (unpaired) electrons. The Balaban J connectivity index is 2.61. The number of hydrogen-bond donors (Lipinski definition) is 3. The Labute approximate surface area is 120 Å². The molecule has 1 unspecified atom stereocenters. The summed E-state index contributed by atoms with van der Waals surface area (Å²) in [7, 11) is 1.53. The highest BCUT2D eigenvalue weighted by atomic mass is 16.5. The first kappa shape index (κ1) is 16.3. The molecule has 0 saturated heterocycles. The van der Waals surface area contributed by atoms with Crippen LogP contribution in [0.5, 0.6) is 5.75 Å². The van der Waals surface area contributed by atoms with Crippen molar-refractivity contribution in [1.82, 2.24) is 5.32 Å². The highest BCUT2D eigenvalue weighted by Gasteiger charge is 2.17. The van der Waals surface area contributed by atoms with E-state index < -0.39 is 6.10 Å². The average Bonchev–Trinajstić information content (AvgIpc) is 2.45. The van der Waals surface area contributed by atoms with E-state index in [0.29, 0.717) is 17.0 Å². The van der Waals surface area contributed by atoms with E-state index >= 15 is 0 Å². The molecule has 1 rings (SSSR count). The van der Waals surface area contributed by atoms with Crippen molar-refractivity contribution in [3.8, 4) is 5.75 Å². The lowest BCUT2D eigenvalue weighted by Crippen LogP contribution is -2.36. The van der Waals surface area contributed by atoms with E-state index in [0.717, 1.165) is 12.8 Å². The van der Waals surface area contributed by atoms with Gasteiger partial charge in [0.2, 0.25) is 0 Å². The quantitative estimate of drug-likeness (QED) is 0.665. The molecule has 0 heterocycles.